The molecular weight excluding hydrogens is 366 g/mol. The molecule has 140 valence electrons. The van der Waals surface area contributed by atoms with E-state index < -0.39 is 6.10 Å². The average Bonchev–Trinajstić information content (AvgIpc) is 3.14. The highest BCUT2D eigenvalue weighted by atomic mass is 35.5. The van der Waals surface area contributed by atoms with Gasteiger partial charge in [0.2, 0.25) is 11.7 Å². The van der Waals surface area contributed by atoms with Gasteiger partial charge in [0.05, 0.1) is 11.6 Å². The van der Waals surface area contributed by atoms with Gasteiger partial charge in [0.25, 0.3) is 5.91 Å². The Morgan fingerprint density at radius 3 is 2.70 bits per heavy atom. The molecule has 1 aromatic heterocycles. The van der Waals surface area contributed by atoms with Gasteiger partial charge >= 0.3 is 0 Å². The number of aromatic nitrogens is 2. The first kappa shape index (κ1) is 18.9. The lowest BCUT2D eigenvalue weighted by molar-refractivity contribution is -0.128. The van der Waals surface area contributed by atoms with Crippen molar-refractivity contribution >= 4 is 17.5 Å². The molecule has 0 fully saturated rings. The quantitative estimate of drug-likeness (QED) is 0.660. The van der Waals surface area contributed by atoms with Crippen LogP contribution in [0.4, 0.5) is 0 Å². The number of para-hydroxylation sites is 1. The maximum Gasteiger partial charge on any atom is 0.261 e. The van der Waals surface area contributed by atoms with Crippen LogP contribution in [0, 0.1) is 6.92 Å². The van der Waals surface area contributed by atoms with Crippen molar-refractivity contribution in [2.45, 2.75) is 32.9 Å². The highest BCUT2D eigenvalue weighted by Crippen LogP contribution is 2.24. The fraction of sp³-hybridized carbons (Fsp3) is 0.250. The highest BCUT2D eigenvalue weighted by Gasteiger charge is 2.20. The second-order valence-corrected chi connectivity index (χ2v) is 6.40. The Kier molecular flexibility index (Phi) is 6.08. The van der Waals surface area contributed by atoms with E-state index in [4.69, 9.17) is 20.9 Å². The van der Waals surface area contributed by atoms with Crippen LogP contribution < -0.4 is 10.1 Å². The van der Waals surface area contributed by atoms with E-state index in [9.17, 15) is 4.79 Å². The molecular formula is C20H20ClN3O3. The first-order valence-corrected chi connectivity index (χ1v) is 9.03. The van der Waals surface area contributed by atoms with Crippen molar-refractivity contribution in [2.24, 2.45) is 0 Å². The first-order valence-electron chi connectivity index (χ1n) is 8.66. The molecule has 0 aliphatic heterocycles. The molecule has 0 saturated carbocycles. The molecule has 1 atom stereocenters. The third-order valence-electron chi connectivity index (χ3n) is 4.02. The van der Waals surface area contributed by atoms with Gasteiger partial charge in [-0.05, 0) is 37.1 Å². The van der Waals surface area contributed by atoms with E-state index in [1.807, 2.05) is 50.2 Å². The summed E-state index contributed by atoms with van der Waals surface area (Å²) in [4.78, 5) is 16.7. The standard InChI is InChI=1S/C20H20ClN3O3/c1-3-16(26-17-11-7-4-8-13(17)2)20(25)22-12-18-23-19(24-27-18)14-9-5-6-10-15(14)21/h4-11,16H,3,12H2,1-2H3,(H,22,25). The second-order valence-electron chi connectivity index (χ2n) is 5.99. The summed E-state index contributed by atoms with van der Waals surface area (Å²) in [6, 6.07) is 14.8. The molecule has 0 spiro atoms. The summed E-state index contributed by atoms with van der Waals surface area (Å²) in [5.74, 6) is 1.13. The van der Waals surface area contributed by atoms with Crippen LogP contribution in [-0.4, -0.2) is 22.2 Å². The molecule has 2 aromatic carbocycles. The van der Waals surface area contributed by atoms with E-state index in [-0.39, 0.29) is 12.5 Å². The zero-order chi connectivity index (χ0) is 19.2. The topological polar surface area (TPSA) is 77.2 Å². The van der Waals surface area contributed by atoms with Crippen LogP contribution in [0.5, 0.6) is 5.75 Å². The molecule has 1 heterocycles. The third-order valence-corrected chi connectivity index (χ3v) is 4.35. The second kappa shape index (κ2) is 8.68. The molecule has 0 radical (unpaired) electrons. The van der Waals surface area contributed by atoms with Crippen LogP contribution in [0.1, 0.15) is 24.8 Å². The third kappa shape index (κ3) is 4.65. The summed E-state index contributed by atoms with van der Waals surface area (Å²) in [6.07, 6.45) is -0.0634. The van der Waals surface area contributed by atoms with Crippen LogP contribution in [0.2, 0.25) is 5.02 Å². The Hall–Kier alpha value is -2.86. The van der Waals surface area contributed by atoms with E-state index in [2.05, 4.69) is 15.5 Å². The van der Waals surface area contributed by atoms with Crippen molar-refractivity contribution in [2.75, 3.05) is 0 Å². The number of aryl methyl sites for hydroxylation is 1. The van der Waals surface area contributed by atoms with Crippen molar-refractivity contribution in [3.05, 3.63) is 65.0 Å². The SMILES string of the molecule is CCC(Oc1ccccc1C)C(=O)NCc1nc(-c2ccccc2Cl)no1. The van der Waals surface area contributed by atoms with E-state index in [0.717, 1.165) is 5.56 Å². The van der Waals surface area contributed by atoms with E-state index in [1.54, 1.807) is 12.1 Å². The summed E-state index contributed by atoms with van der Waals surface area (Å²) in [5, 5.41) is 7.23. The largest absolute Gasteiger partial charge is 0.480 e. The van der Waals surface area contributed by atoms with Gasteiger partial charge in [0.1, 0.15) is 5.75 Å². The summed E-state index contributed by atoms with van der Waals surface area (Å²) >= 11 is 6.14. The monoisotopic (exact) mass is 385 g/mol. The lowest BCUT2D eigenvalue weighted by Crippen LogP contribution is -2.37. The van der Waals surface area contributed by atoms with Crippen molar-refractivity contribution in [3.8, 4) is 17.1 Å². The number of nitrogens with one attached hydrogen (secondary N) is 1. The zero-order valence-electron chi connectivity index (χ0n) is 15.1. The number of ether oxygens (including phenoxy) is 1. The number of hydrogen-bond donors (Lipinski definition) is 1. The maximum atomic E-state index is 12.4. The number of amides is 1. The van der Waals surface area contributed by atoms with Crippen molar-refractivity contribution < 1.29 is 14.1 Å². The molecule has 3 aromatic rings. The van der Waals surface area contributed by atoms with Gasteiger partial charge in [-0.2, -0.15) is 4.98 Å². The van der Waals surface area contributed by atoms with Crippen LogP contribution >= 0.6 is 11.6 Å². The zero-order valence-corrected chi connectivity index (χ0v) is 15.9. The van der Waals surface area contributed by atoms with Crippen molar-refractivity contribution in [1.82, 2.24) is 15.5 Å². The van der Waals surface area contributed by atoms with Crippen LogP contribution in [0.3, 0.4) is 0 Å². The normalized spacial score (nSPS) is 11.8. The number of halogens is 1. The molecule has 0 saturated heterocycles. The molecule has 0 aliphatic rings. The maximum absolute atomic E-state index is 12.4. The van der Waals surface area contributed by atoms with E-state index in [1.165, 1.54) is 0 Å². The lowest BCUT2D eigenvalue weighted by Gasteiger charge is -2.18. The molecule has 6 nitrogen and oxygen atoms in total. The summed E-state index contributed by atoms with van der Waals surface area (Å²) in [5.41, 5.74) is 1.65. The van der Waals surface area contributed by atoms with Crippen LogP contribution in [0.15, 0.2) is 53.1 Å². The smallest absolute Gasteiger partial charge is 0.261 e. The Morgan fingerprint density at radius 2 is 1.96 bits per heavy atom. The first-order chi connectivity index (χ1) is 13.1. The van der Waals surface area contributed by atoms with Crippen LogP contribution in [-0.2, 0) is 11.3 Å². The Bertz CT molecular complexity index is 926. The molecule has 0 aliphatic carbocycles. The van der Waals surface area contributed by atoms with Crippen LogP contribution in [0.25, 0.3) is 11.4 Å². The number of benzene rings is 2. The highest BCUT2D eigenvalue weighted by molar-refractivity contribution is 6.33. The lowest BCUT2D eigenvalue weighted by atomic mass is 10.2. The number of carbonyl (C=O) groups is 1. The molecule has 7 heteroatoms. The fourth-order valence-corrected chi connectivity index (χ4v) is 2.74. The number of hydrogen-bond acceptors (Lipinski definition) is 5. The van der Waals surface area contributed by atoms with Gasteiger partial charge in [-0.15, -0.1) is 0 Å². The van der Waals surface area contributed by atoms with Gasteiger partial charge in [-0.3, -0.25) is 4.79 Å². The number of nitrogens with zero attached hydrogens (tertiary/aromatic N) is 2. The van der Waals surface area contributed by atoms with E-state index in [0.29, 0.717) is 34.5 Å². The van der Waals surface area contributed by atoms with Gasteiger partial charge in [0.15, 0.2) is 6.10 Å². The van der Waals surface area contributed by atoms with Gasteiger partial charge in [-0.1, -0.05) is 54.0 Å². The molecule has 0 bridgehead atoms. The van der Waals surface area contributed by atoms with Gasteiger partial charge in [-0.25, -0.2) is 0 Å². The minimum absolute atomic E-state index is 0.115. The molecule has 3 rings (SSSR count). The summed E-state index contributed by atoms with van der Waals surface area (Å²) < 4.78 is 11.0. The van der Waals surface area contributed by atoms with Gasteiger partial charge < -0.3 is 14.6 Å². The molecule has 1 amide bonds. The number of rotatable bonds is 7. The molecule has 27 heavy (non-hydrogen) atoms. The molecule has 1 unspecified atom stereocenters. The fourth-order valence-electron chi connectivity index (χ4n) is 2.52. The Labute approximate surface area is 162 Å². The predicted octanol–water partition coefficient (Wildman–Crippen LogP) is 4.17. The van der Waals surface area contributed by atoms with Gasteiger partial charge in [0, 0.05) is 5.56 Å². The predicted molar refractivity (Wildman–Crippen MR) is 102 cm³/mol. The minimum Gasteiger partial charge on any atom is -0.480 e. The average molecular weight is 386 g/mol. The minimum atomic E-state index is -0.600. The number of carbonyl (C=O) groups excluding carboxylic acids is 1. The van der Waals surface area contributed by atoms with Crippen molar-refractivity contribution in [1.29, 1.82) is 0 Å². The summed E-state index contributed by atoms with van der Waals surface area (Å²) in [6.45, 7) is 3.95. The van der Waals surface area contributed by atoms with Crippen molar-refractivity contribution in [3.63, 3.8) is 0 Å². The molecule has 1 N–H and O–H groups in total. The summed E-state index contributed by atoms with van der Waals surface area (Å²) in [7, 11) is 0. The van der Waals surface area contributed by atoms with E-state index >= 15 is 0 Å². The Balaban J connectivity index is 1.61. The Morgan fingerprint density at radius 1 is 1.22 bits per heavy atom.